The van der Waals surface area contributed by atoms with Gasteiger partial charge in [-0.15, -0.1) is 0 Å². The number of hydrogen-bond donors (Lipinski definition) is 2. The Morgan fingerprint density at radius 2 is 1.92 bits per heavy atom. The van der Waals surface area contributed by atoms with Gasteiger partial charge in [-0.05, 0) is 13.8 Å². The molecular weight excluding hydrogens is 158 g/mol. The first kappa shape index (κ1) is 9.48. The molecular formula is C8H15NO3. The van der Waals surface area contributed by atoms with Gasteiger partial charge in [-0.2, -0.15) is 0 Å². The van der Waals surface area contributed by atoms with Crippen LogP contribution in [0, 0.1) is 0 Å². The first-order valence-corrected chi connectivity index (χ1v) is 4.12. The topological polar surface area (TPSA) is 72.6 Å². The van der Waals surface area contributed by atoms with Crippen LogP contribution in [0.25, 0.3) is 0 Å². The average Bonchev–Trinajstić information content (AvgIpc) is 1.82. The van der Waals surface area contributed by atoms with E-state index in [0.29, 0.717) is 12.8 Å². The second-order valence-electron chi connectivity index (χ2n) is 3.63. The fourth-order valence-corrected chi connectivity index (χ4v) is 1.78. The molecule has 0 bridgehead atoms. The summed E-state index contributed by atoms with van der Waals surface area (Å²) >= 11 is 0. The van der Waals surface area contributed by atoms with Crippen LogP contribution in [0.2, 0.25) is 0 Å². The van der Waals surface area contributed by atoms with E-state index in [4.69, 9.17) is 15.6 Å². The van der Waals surface area contributed by atoms with Crippen molar-refractivity contribution in [2.75, 3.05) is 0 Å². The molecule has 0 aromatic rings. The molecule has 4 heteroatoms. The van der Waals surface area contributed by atoms with Crippen molar-refractivity contribution in [1.82, 2.24) is 0 Å². The highest BCUT2D eigenvalue weighted by Gasteiger charge is 2.41. The van der Waals surface area contributed by atoms with Crippen LogP contribution >= 0.6 is 0 Å². The largest absolute Gasteiger partial charge is 0.480 e. The molecule has 3 N–H and O–H groups in total. The molecule has 0 amide bonds. The Bertz CT molecular complexity index is 183. The maximum Gasteiger partial charge on any atom is 0.323 e. The van der Waals surface area contributed by atoms with Crippen LogP contribution in [0.5, 0.6) is 0 Å². The summed E-state index contributed by atoms with van der Waals surface area (Å²) in [6, 6.07) is 0. The minimum absolute atomic E-state index is 0.0603. The lowest BCUT2D eigenvalue weighted by atomic mass is 9.85. The molecule has 70 valence electrons. The third-order valence-corrected chi connectivity index (χ3v) is 2.19. The zero-order valence-electron chi connectivity index (χ0n) is 7.41. The molecule has 1 saturated heterocycles. The van der Waals surface area contributed by atoms with Gasteiger partial charge in [-0.25, -0.2) is 0 Å². The minimum atomic E-state index is -1.09. The first-order chi connectivity index (χ1) is 5.44. The summed E-state index contributed by atoms with van der Waals surface area (Å²) in [5.74, 6) is -0.926. The second-order valence-corrected chi connectivity index (χ2v) is 3.63. The Morgan fingerprint density at radius 1 is 1.50 bits per heavy atom. The van der Waals surface area contributed by atoms with Crippen LogP contribution in [-0.2, 0) is 9.53 Å². The van der Waals surface area contributed by atoms with Gasteiger partial charge >= 0.3 is 5.97 Å². The van der Waals surface area contributed by atoms with Gasteiger partial charge < -0.3 is 15.6 Å². The molecule has 0 aliphatic carbocycles. The lowest BCUT2D eigenvalue weighted by molar-refractivity contribution is -0.152. The number of carboxylic acids is 1. The summed E-state index contributed by atoms with van der Waals surface area (Å²) in [5, 5.41) is 8.85. The lowest BCUT2D eigenvalue weighted by Crippen LogP contribution is -2.55. The molecule has 0 spiro atoms. The van der Waals surface area contributed by atoms with Crippen molar-refractivity contribution in [3.8, 4) is 0 Å². The van der Waals surface area contributed by atoms with Gasteiger partial charge in [0.2, 0.25) is 0 Å². The molecule has 4 nitrogen and oxygen atoms in total. The molecule has 1 heterocycles. The Hall–Kier alpha value is -0.610. The minimum Gasteiger partial charge on any atom is -0.480 e. The quantitative estimate of drug-likeness (QED) is 0.600. The summed E-state index contributed by atoms with van der Waals surface area (Å²) in [4.78, 5) is 10.8. The van der Waals surface area contributed by atoms with Crippen LogP contribution in [0.15, 0.2) is 0 Å². The van der Waals surface area contributed by atoms with Gasteiger partial charge in [0.1, 0.15) is 5.54 Å². The first-order valence-electron chi connectivity index (χ1n) is 4.12. The van der Waals surface area contributed by atoms with E-state index in [1.807, 2.05) is 13.8 Å². The van der Waals surface area contributed by atoms with Gasteiger partial charge in [-0.1, -0.05) is 0 Å². The van der Waals surface area contributed by atoms with Crippen LogP contribution in [0.1, 0.15) is 26.7 Å². The van der Waals surface area contributed by atoms with Gasteiger partial charge in [-0.3, -0.25) is 4.79 Å². The summed E-state index contributed by atoms with van der Waals surface area (Å²) in [6.45, 7) is 3.69. The predicted octanol–water partition coefficient (Wildman–Crippen LogP) is 0.356. The summed E-state index contributed by atoms with van der Waals surface area (Å²) in [6.07, 6.45) is 0.670. The van der Waals surface area contributed by atoms with Crippen LogP contribution in [0.3, 0.4) is 0 Å². The Labute approximate surface area is 71.7 Å². The van der Waals surface area contributed by atoms with E-state index in [1.165, 1.54) is 0 Å². The Kier molecular flexibility index (Phi) is 2.39. The highest BCUT2D eigenvalue weighted by molar-refractivity contribution is 5.78. The van der Waals surface area contributed by atoms with Crippen molar-refractivity contribution >= 4 is 5.97 Å². The van der Waals surface area contributed by atoms with Crippen molar-refractivity contribution in [1.29, 1.82) is 0 Å². The number of nitrogens with two attached hydrogens (primary N) is 1. The summed E-state index contributed by atoms with van der Waals surface area (Å²) < 4.78 is 5.39. The number of aliphatic carboxylic acids is 1. The van der Waals surface area contributed by atoms with E-state index in [2.05, 4.69) is 0 Å². The van der Waals surface area contributed by atoms with Crippen LogP contribution < -0.4 is 5.73 Å². The van der Waals surface area contributed by atoms with Crippen molar-refractivity contribution < 1.29 is 14.6 Å². The highest BCUT2D eigenvalue weighted by Crippen LogP contribution is 2.26. The number of ether oxygens (including phenoxy) is 1. The molecule has 0 aromatic carbocycles. The van der Waals surface area contributed by atoms with E-state index in [0.717, 1.165) is 0 Å². The van der Waals surface area contributed by atoms with E-state index in [-0.39, 0.29) is 12.2 Å². The van der Waals surface area contributed by atoms with Crippen molar-refractivity contribution in [2.45, 2.75) is 44.4 Å². The third kappa shape index (κ3) is 1.76. The Balaban J connectivity index is 2.71. The molecule has 12 heavy (non-hydrogen) atoms. The van der Waals surface area contributed by atoms with Gasteiger partial charge in [0.15, 0.2) is 0 Å². The molecule has 1 aliphatic heterocycles. The summed E-state index contributed by atoms with van der Waals surface area (Å²) in [7, 11) is 0. The van der Waals surface area contributed by atoms with E-state index in [1.54, 1.807) is 0 Å². The number of hydrogen-bond acceptors (Lipinski definition) is 3. The average molecular weight is 173 g/mol. The lowest BCUT2D eigenvalue weighted by Gasteiger charge is -2.36. The maximum absolute atomic E-state index is 10.8. The normalized spacial score (nSPS) is 42.6. The van der Waals surface area contributed by atoms with Crippen LogP contribution in [0.4, 0.5) is 0 Å². The molecule has 0 saturated carbocycles. The molecule has 1 aliphatic rings. The fourth-order valence-electron chi connectivity index (χ4n) is 1.78. The third-order valence-electron chi connectivity index (χ3n) is 2.19. The number of rotatable bonds is 1. The number of carboxylic acid groups (broad SMARTS) is 1. The fraction of sp³-hybridized carbons (Fsp3) is 0.875. The van der Waals surface area contributed by atoms with Crippen LogP contribution in [-0.4, -0.2) is 28.8 Å². The second kappa shape index (κ2) is 3.03. The molecule has 2 atom stereocenters. The van der Waals surface area contributed by atoms with E-state index < -0.39 is 11.5 Å². The maximum atomic E-state index is 10.8. The Morgan fingerprint density at radius 3 is 2.25 bits per heavy atom. The monoisotopic (exact) mass is 173 g/mol. The van der Waals surface area contributed by atoms with Gasteiger partial charge in [0, 0.05) is 12.8 Å². The molecule has 1 rings (SSSR count). The smallest absolute Gasteiger partial charge is 0.323 e. The molecule has 0 radical (unpaired) electrons. The van der Waals surface area contributed by atoms with Crippen molar-refractivity contribution in [2.24, 2.45) is 5.73 Å². The molecule has 2 unspecified atom stereocenters. The predicted molar refractivity (Wildman–Crippen MR) is 43.8 cm³/mol. The molecule has 0 aromatic heterocycles. The van der Waals surface area contributed by atoms with Crippen molar-refractivity contribution in [3.05, 3.63) is 0 Å². The van der Waals surface area contributed by atoms with Gasteiger partial charge in [0.05, 0.1) is 12.2 Å². The summed E-state index contributed by atoms with van der Waals surface area (Å²) in [5.41, 5.74) is 4.62. The van der Waals surface area contributed by atoms with E-state index in [9.17, 15) is 4.79 Å². The zero-order chi connectivity index (χ0) is 9.35. The molecule has 1 fully saturated rings. The number of carbonyl (C=O) groups is 1. The zero-order valence-corrected chi connectivity index (χ0v) is 7.41. The van der Waals surface area contributed by atoms with Crippen molar-refractivity contribution in [3.63, 3.8) is 0 Å². The van der Waals surface area contributed by atoms with Gasteiger partial charge in [0.25, 0.3) is 0 Å². The highest BCUT2D eigenvalue weighted by atomic mass is 16.5. The SMILES string of the molecule is CC1CC(N)(C(=O)O)CC(C)O1. The van der Waals surface area contributed by atoms with E-state index >= 15 is 0 Å². The standard InChI is InChI=1S/C8H15NO3/c1-5-3-8(9,7(10)11)4-6(2)12-5/h5-6H,3-4,9H2,1-2H3,(H,10,11).